The standard InChI is InChI=1S/C54H56N2O11/c57-34-23-22-33-35-41(56(40(33)44(34)58)32-13-7-12-30(24-32)26-10-5-2-6-11-26)48(62)54-38-39-52(66-67-54)37-36-42(46(60)50(64)49(63)45(36)59)55(43(37)47(61)53(39)65-51(35)38)31-20-18-29(19-21-31)28-16-14-27(15-17-28)25-8-3-1-4-9-25/h1-21,24,33-54,57-64H,22-23H2. The van der Waals surface area contributed by atoms with Crippen LogP contribution in [-0.2, 0) is 14.5 Å². The maximum Gasteiger partial charge on any atom is 0.127 e. The SMILES string of the molecule is OC1CCC2C3C4OC5C(O)C6C(C7OOC(C(O)C3N(c3cccc(-c8ccccc8)c3)C2C1O)C4C57)C1C(O)C(O)C(O)C(O)C1N6c1ccc(-c2ccc(-c3ccccc3)cc2)cc1. The molecule has 5 aromatic carbocycles. The van der Waals surface area contributed by atoms with Gasteiger partial charge in [-0.25, -0.2) is 9.78 Å². The van der Waals surface area contributed by atoms with E-state index in [0.717, 1.165) is 39.1 Å². The molecule has 8 fully saturated rings. The van der Waals surface area contributed by atoms with Crippen LogP contribution in [0.1, 0.15) is 12.8 Å². The molecule has 0 bridgehead atoms. The van der Waals surface area contributed by atoms with Crippen LogP contribution in [0.25, 0.3) is 33.4 Å². The van der Waals surface area contributed by atoms with Crippen molar-refractivity contribution in [2.24, 2.45) is 35.5 Å². The number of anilines is 2. The van der Waals surface area contributed by atoms with Crippen LogP contribution >= 0.6 is 0 Å². The Morgan fingerprint density at radius 2 is 0.851 bits per heavy atom. The Morgan fingerprint density at radius 1 is 0.343 bits per heavy atom. The molecule has 4 saturated heterocycles. The third-order valence-corrected chi connectivity index (χ3v) is 17.6. The van der Waals surface area contributed by atoms with Crippen molar-refractivity contribution in [3.05, 3.63) is 133 Å². The summed E-state index contributed by atoms with van der Waals surface area (Å²) >= 11 is 0. The second-order valence-electron chi connectivity index (χ2n) is 20.5. The molecule has 8 aliphatic rings. The molecular weight excluding hydrogens is 853 g/mol. The van der Waals surface area contributed by atoms with Gasteiger partial charge in [-0.1, -0.05) is 109 Å². The van der Waals surface area contributed by atoms with E-state index in [1.807, 2.05) is 95.9 Å². The zero-order valence-electron chi connectivity index (χ0n) is 36.5. The van der Waals surface area contributed by atoms with Crippen molar-refractivity contribution >= 4 is 11.4 Å². The quantitative estimate of drug-likeness (QED) is 0.120. The topological polar surface area (TPSA) is 196 Å². The molecular formula is C54H56N2O11. The van der Waals surface area contributed by atoms with Crippen molar-refractivity contribution in [2.75, 3.05) is 9.80 Å². The van der Waals surface area contributed by atoms with Crippen LogP contribution in [-0.4, -0.2) is 138 Å². The van der Waals surface area contributed by atoms with Gasteiger partial charge in [0, 0.05) is 41.0 Å². The monoisotopic (exact) mass is 908 g/mol. The fourth-order valence-corrected chi connectivity index (χ4v) is 14.9. The summed E-state index contributed by atoms with van der Waals surface area (Å²) in [6.07, 6.45) is -12.8. The van der Waals surface area contributed by atoms with Gasteiger partial charge in [-0.2, -0.15) is 0 Å². The minimum atomic E-state index is -1.66. The van der Waals surface area contributed by atoms with Crippen molar-refractivity contribution in [1.82, 2.24) is 0 Å². The van der Waals surface area contributed by atoms with E-state index < -0.39 is 121 Å². The number of ether oxygens (including phenoxy) is 1. The summed E-state index contributed by atoms with van der Waals surface area (Å²) in [4.78, 5) is 16.9. The van der Waals surface area contributed by atoms with Gasteiger partial charge >= 0.3 is 0 Å². The van der Waals surface area contributed by atoms with E-state index in [9.17, 15) is 40.9 Å². The highest BCUT2D eigenvalue weighted by Gasteiger charge is 2.76. The fourth-order valence-electron chi connectivity index (χ4n) is 14.9. The Balaban J connectivity index is 0.869. The summed E-state index contributed by atoms with van der Waals surface area (Å²) in [5.41, 5.74) is 7.57. The van der Waals surface area contributed by atoms with Crippen LogP contribution in [0.3, 0.4) is 0 Å². The normalized spacial score (nSPS) is 43.5. The lowest BCUT2D eigenvalue weighted by Crippen LogP contribution is -2.68. The highest BCUT2D eigenvalue weighted by atomic mass is 17.2. The molecule has 0 spiro atoms. The predicted octanol–water partition coefficient (Wildman–Crippen LogP) is 3.39. The van der Waals surface area contributed by atoms with Gasteiger partial charge < -0.3 is 55.4 Å². The zero-order chi connectivity index (χ0) is 45.6. The van der Waals surface area contributed by atoms with Gasteiger partial charge in [0.1, 0.15) is 48.8 Å². The largest absolute Gasteiger partial charge is 0.390 e. The summed E-state index contributed by atoms with van der Waals surface area (Å²) in [5.74, 6) is -3.08. The number of aliphatic hydroxyl groups is 8. The third-order valence-electron chi connectivity index (χ3n) is 17.6. The molecule has 4 saturated carbocycles. The molecule has 0 aromatic heterocycles. The summed E-state index contributed by atoms with van der Waals surface area (Å²) in [7, 11) is 0. The summed E-state index contributed by atoms with van der Waals surface area (Å²) < 4.78 is 7.23. The Morgan fingerprint density at radius 3 is 1.52 bits per heavy atom. The van der Waals surface area contributed by atoms with Gasteiger partial charge in [-0.15, -0.1) is 0 Å². The molecule has 13 rings (SSSR count). The first-order valence-corrected chi connectivity index (χ1v) is 24.0. The molecule has 4 aliphatic heterocycles. The number of rotatable bonds is 5. The fraction of sp³-hybridized carbons (Fsp3) is 0.444. The van der Waals surface area contributed by atoms with Gasteiger partial charge in [0.05, 0.1) is 48.6 Å². The Labute approximate surface area is 388 Å². The maximum absolute atomic E-state index is 12.9. The van der Waals surface area contributed by atoms with Crippen molar-refractivity contribution in [3.63, 3.8) is 0 Å². The number of nitrogens with zero attached hydrogens (tertiary/aromatic N) is 2. The number of fused-ring (bicyclic) bond motifs is 8. The molecule has 22 unspecified atom stereocenters. The van der Waals surface area contributed by atoms with E-state index in [0.29, 0.717) is 18.5 Å². The number of hydrogen-bond acceptors (Lipinski definition) is 13. The molecule has 0 radical (unpaired) electrons. The van der Waals surface area contributed by atoms with Gasteiger partial charge in [-0.05, 0) is 76.4 Å². The molecule has 4 aliphatic carbocycles. The second kappa shape index (κ2) is 15.9. The number of aliphatic hydroxyl groups excluding tert-OH is 8. The lowest BCUT2D eigenvalue weighted by Gasteiger charge is -2.54. The lowest BCUT2D eigenvalue weighted by atomic mass is 9.58. The molecule has 5 aromatic rings. The molecule has 13 heteroatoms. The van der Waals surface area contributed by atoms with E-state index in [2.05, 4.69) is 47.4 Å². The highest BCUT2D eigenvalue weighted by molar-refractivity contribution is 5.72. The maximum atomic E-state index is 12.9. The molecule has 67 heavy (non-hydrogen) atoms. The molecule has 8 N–H and O–H groups in total. The summed E-state index contributed by atoms with van der Waals surface area (Å²) in [5, 5.41) is 95.0. The van der Waals surface area contributed by atoms with E-state index in [4.69, 9.17) is 14.5 Å². The number of benzene rings is 5. The van der Waals surface area contributed by atoms with Crippen LogP contribution in [0.15, 0.2) is 133 Å². The lowest BCUT2D eigenvalue weighted by molar-refractivity contribution is -0.431. The van der Waals surface area contributed by atoms with Gasteiger partial charge in [0.15, 0.2) is 0 Å². The predicted molar refractivity (Wildman–Crippen MR) is 246 cm³/mol. The Hall–Kier alpha value is -4.74. The van der Waals surface area contributed by atoms with Crippen LogP contribution in [0.5, 0.6) is 0 Å². The van der Waals surface area contributed by atoms with Crippen molar-refractivity contribution in [2.45, 2.75) is 110 Å². The molecule has 0 amide bonds. The summed E-state index contributed by atoms with van der Waals surface area (Å²) in [6.45, 7) is 0. The Kier molecular flexibility index (Phi) is 10.1. The van der Waals surface area contributed by atoms with E-state index >= 15 is 0 Å². The van der Waals surface area contributed by atoms with Crippen molar-refractivity contribution in [1.29, 1.82) is 0 Å². The summed E-state index contributed by atoms with van der Waals surface area (Å²) in [6, 6.07) is 41.4. The first-order chi connectivity index (χ1) is 32.6. The van der Waals surface area contributed by atoms with Crippen LogP contribution in [0.4, 0.5) is 11.4 Å². The average Bonchev–Trinajstić information content (AvgIpc) is 4.06. The Bertz CT molecular complexity index is 2610. The average molecular weight is 909 g/mol. The van der Waals surface area contributed by atoms with Crippen molar-refractivity contribution in [3.8, 4) is 33.4 Å². The molecule has 22 atom stereocenters. The minimum absolute atomic E-state index is 0.191. The van der Waals surface area contributed by atoms with Crippen LogP contribution in [0, 0.1) is 35.5 Å². The van der Waals surface area contributed by atoms with Crippen LogP contribution in [0.2, 0.25) is 0 Å². The minimum Gasteiger partial charge on any atom is -0.390 e. The smallest absolute Gasteiger partial charge is 0.127 e. The van der Waals surface area contributed by atoms with E-state index in [1.54, 1.807) is 0 Å². The zero-order valence-corrected chi connectivity index (χ0v) is 36.5. The molecule has 348 valence electrons. The van der Waals surface area contributed by atoms with Gasteiger partial charge in [-0.3, -0.25) is 0 Å². The van der Waals surface area contributed by atoms with Crippen LogP contribution < -0.4 is 9.80 Å². The number of hydrogen-bond donors (Lipinski definition) is 8. The highest BCUT2D eigenvalue weighted by Crippen LogP contribution is 2.64. The first kappa shape index (κ1) is 42.4. The molecule has 13 nitrogen and oxygen atoms in total. The van der Waals surface area contributed by atoms with Crippen molar-refractivity contribution < 1.29 is 55.4 Å². The van der Waals surface area contributed by atoms with Gasteiger partial charge in [0.25, 0.3) is 0 Å². The first-order valence-electron chi connectivity index (χ1n) is 24.0. The van der Waals surface area contributed by atoms with E-state index in [1.165, 1.54) is 0 Å². The van der Waals surface area contributed by atoms with E-state index in [-0.39, 0.29) is 11.8 Å². The third kappa shape index (κ3) is 6.13. The van der Waals surface area contributed by atoms with Gasteiger partial charge in [0.2, 0.25) is 0 Å². The second-order valence-corrected chi connectivity index (χ2v) is 20.5. The molecule has 4 heterocycles.